The molecule has 0 unspecified atom stereocenters. The van der Waals surface area contributed by atoms with Gasteiger partial charge in [-0.05, 0) is 167 Å². The Bertz CT molecular complexity index is 4860. The lowest BCUT2D eigenvalue weighted by Gasteiger charge is -2.31. The number of anilines is 6. The van der Waals surface area contributed by atoms with E-state index in [4.69, 9.17) is 0 Å². The smallest absolute Gasteiger partial charge is 0.0641 e. The van der Waals surface area contributed by atoms with Crippen molar-refractivity contribution in [2.75, 3.05) is 9.80 Å². The van der Waals surface area contributed by atoms with Crippen LogP contribution in [0.5, 0.6) is 0 Å². The minimum atomic E-state index is -0.0444. The van der Waals surface area contributed by atoms with Crippen LogP contribution in [0.15, 0.2) is 231 Å². The van der Waals surface area contributed by atoms with E-state index < -0.39 is 0 Å². The Hall–Kier alpha value is -9.38. The van der Waals surface area contributed by atoms with Crippen LogP contribution in [-0.4, -0.2) is 8.80 Å². The number of rotatable bonds is 10. The molecule has 2 aliphatic rings. The minimum Gasteiger partial charge on any atom is -0.309 e. The van der Waals surface area contributed by atoms with Gasteiger partial charge in [-0.2, -0.15) is 0 Å². The van der Waals surface area contributed by atoms with Gasteiger partial charge in [-0.15, -0.1) is 0 Å². The van der Waals surface area contributed by atoms with Crippen LogP contribution in [0.25, 0.3) is 98.4 Å². The molecule has 2 aliphatic carbocycles. The molecule has 430 valence electrons. The summed E-state index contributed by atoms with van der Waals surface area (Å²) in [5.74, 6) is 1.18. The summed E-state index contributed by atoms with van der Waals surface area (Å²) in [5.41, 5.74) is 25.0. The lowest BCUT2D eigenvalue weighted by atomic mass is 9.86. The third-order valence-corrected chi connectivity index (χ3v) is 20.5. The van der Waals surface area contributed by atoms with E-state index in [1.807, 2.05) is 0 Å². The molecule has 15 aromatic rings. The Kier molecular flexibility index (Phi) is 12.1. The summed E-state index contributed by atoms with van der Waals surface area (Å²) < 4.78 is 5.21. The van der Waals surface area contributed by atoms with Crippen molar-refractivity contribution in [1.82, 2.24) is 8.80 Å². The minimum absolute atomic E-state index is 0.0444. The van der Waals surface area contributed by atoms with E-state index in [1.165, 1.54) is 195 Å². The molecule has 0 bridgehead atoms. The highest BCUT2D eigenvalue weighted by atomic mass is 15.2. The average molecular weight is 1140 g/mol. The molecule has 17 rings (SSSR count). The van der Waals surface area contributed by atoms with Crippen LogP contribution >= 0.6 is 0 Å². The number of hydrogen-bond acceptors (Lipinski definition) is 2. The highest BCUT2D eigenvalue weighted by Crippen LogP contribution is 2.54. The van der Waals surface area contributed by atoms with E-state index in [2.05, 4.69) is 291 Å². The molecular formula is C84H74N4. The molecule has 2 saturated carbocycles. The highest BCUT2D eigenvalue weighted by molar-refractivity contribution is 6.32. The molecule has 4 nitrogen and oxygen atoms in total. The summed E-state index contributed by atoms with van der Waals surface area (Å²) in [6, 6.07) is 89.0. The maximum Gasteiger partial charge on any atom is 0.0641 e. The molecule has 0 saturated heterocycles. The summed E-state index contributed by atoms with van der Waals surface area (Å²) in [5, 5.41) is 10.1. The summed E-state index contributed by atoms with van der Waals surface area (Å²) in [4.78, 5) is 5.20. The maximum atomic E-state index is 2.60. The van der Waals surface area contributed by atoms with Crippen molar-refractivity contribution < 1.29 is 0 Å². The third-order valence-electron chi connectivity index (χ3n) is 20.5. The number of fused-ring (bicyclic) bond motifs is 12. The topological polar surface area (TPSA) is 15.3 Å². The second-order valence-electron chi connectivity index (χ2n) is 27.8. The van der Waals surface area contributed by atoms with Crippen LogP contribution in [0.1, 0.15) is 127 Å². The number of hydrogen-bond donors (Lipinski definition) is 0. The predicted octanol–water partition coefficient (Wildman–Crippen LogP) is 24.2. The first-order chi connectivity index (χ1) is 42.9. The predicted molar refractivity (Wildman–Crippen MR) is 376 cm³/mol. The Labute approximate surface area is 516 Å². The first-order valence-electron chi connectivity index (χ1n) is 32.5. The molecule has 0 amide bonds. The number of benzene rings is 11. The normalized spacial score (nSPS) is 14.7. The fourth-order valence-electron chi connectivity index (χ4n) is 16.1. The quantitative estimate of drug-likeness (QED) is 0.136. The molecule has 0 spiro atoms. The number of aromatic nitrogens is 2. The molecule has 11 aromatic carbocycles. The van der Waals surface area contributed by atoms with Gasteiger partial charge in [0.05, 0.1) is 55.8 Å². The van der Waals surface area contributed by atoms with Gasteiger partial charge in [0.15, 0.2) is 0 Å². The maximum absolute atomic E-state index is 2.60. The Morgan fingerprint density at radius 2 is 0.705 bits per heavy atom. The van der Waals surface area contributed by atoms with Gasteiger partial charge >= 0.3 is 0 Å². The van der Waals surface area contributed by atoms with Crippen molar-refractivity contribution in [2.45, 2.75) is 116 Å². The van der Waals surface area contributed by atoms with E-state index in [1.54, 1.807) is 0 Å². The van der Waals surface area contributed by atoms with Crippen molar-refractivity contribution in [3.8, 4) is 22.3 Å². The van der Waals surface area contributed by atoms with E-state index in [-0.39, 0.29) is 10.8 Å². The van der Waals surface area contributed by atoms with Gasteiger partial charge in [0.25, 0.3) is 0 Å². The molecular weight excluding hydrogens is 1060 g/mol. The second kappa shape index (κ2) is 20.1. The summed E-state index contributed by atoms with van der Waals surface area (Å²) in [7, 11) is 0. The van der Waals surface area contributed by atoms with Crippen molar-refractivity contribution in [2.24, 2.45) is 0 Å². The van der Waals surface area contributed by atoms with Gasteiger partial charge < -0.3 is 18.6 Å². The van der Waals surface area contributed by atoms with Crippen molar-refractivity contribution in [3.63, 3.8) is 0 Å². The molecule has 2 fully saturated rings. The standard InChI is InChI=1S/C84H74N4/c1-83(2,3)59-31-21-33-61(49-59)85(73-43-39-57(53-23-13-14-24-53)47-67(73)55-27-9-7-10-28-55)75-45-41-63-69-51-78-70(52-77(69)87-71-37-19-17-35-65(71)79(75)81(63)87)64-42-46-76(80-66-36-18-20-38-72(66)88(78)82(64)80)86(62-34-22-32-60(50-62)84(4,5)6)74-44-40-58(54-25-15-16-26-54)48-68(74)56-29-11-8-12-30-56/h7-12,17-22,27-54H,13-16,23-26H2,1-6H3. The summed E-state index contributed by atoms with van der Waals surface area (Å²) in [6.45, 7) is 14.0. The first-order valence-corrected chi connectivity index (χ1v) is 32.5. The zero-order valence-corrected chi connectivity index (χ0v) is 51.5. The fraction of sp³-hybridized carbons (Fsp3) is 0.214. The molecule has 0 aliphatic heterocycles. The van der Waals surface area contributed by atoms with E-state index in [9.17, 15) is 0 Å². The number of nitrogens with zero attached hydrogens (tertiary/aromatic N) is 4. The van der Waals surface area contributed by atoms with E-state index in [0.29, 0.717) is 11.8 Å². The lowest BCUT2D eigenvalue weighted by molar-refractivity contribution is 0.590. The Morgan fingerprint density at radius 1 is 0.318 bits per heavy atom. The third kappa shape index (κ3) is 8.24. The largest absolute Gasteiger partial charge is 0.309 e. The molecule has 0 radical (unpaired) electrons. The van der Waals surface area contributed by atoms with Crippen LogP contribution in [0, 0.1) is 0 Å². The van der Waals surface area contributed by atoms with Crippen molar-refractivity contribution in [1.29, 1.82) is 0 Å². The molecule has 4 heteroatoms. The lowest BCUT2D eigenvalue weighted by Crippen LogP contribution is -2.15. The van der Waals surface area contributed by atoms with Gasteiger partial charge in [0.2, 0.25) is 0 Å². The van der Waals surface area contributed by atoms with Gasteiger partial charge in [-0.1, -0.05) is 213 Å². The Morgan fingerprint density at radius 3 is 1.11 bits per heavy atom. The van der Waals surface area contributed by atoms with Crippen molar-refractivity contribution >= 4 is 110 Å². The van der Waals surface area contributed by atoms with Gasteiger partial charge in [-0.25, -0.2) is 0 Å². The summed E-state index contributed by atoms with van der Waals surface area (Å²) >= 11 is 0. The molecule has 4 aromatic heterocycles. The highest BCUT2D eigenvalue weighted by Gasteiger charge is 2.32. The van der Waals surface area contributed by atoms with Gasteiger partial charge in [-0.3, -0.25) is 0 Å². The Balaban J connectivity index is 0.922. The van der Waals surface area contributed by atoms with E-state index in [0.717, 1.165) is 11.4 Å². The zero-order valence-electron chi connectivity index (χ0n) is 51.5. The molecule has 4 heterocycles. The van der Waals surface area contributed by atoms with Crippen LogP contribution in [0.2, 0.25) is 0 Å². The van der Waals surface area contributed by atoms with Gasteiger partial charge in [0.1, 0.15) is 0 Å². The summed E-state index contributed by atoms with van der Waals surface area (Å²) in [6.07, 6.45) is 10.2. The van der Waals surface area contributed by atoms with Crippen LogP contribution in [0.4, 0.5) is 34.1 Å². The van der Waals surface area contributed by atoms with Gasteiger partial charge in [0, 0.05) is 65.6 Å². The second-order valence-corrected chi connectivity index (χ2v) is 27.8. The van der Waals surface area contributed by atoms with Crippen molar-refractivity contribution in [3.05, 3.63) is 253 Å². The molecule has 88 heavy (non-hydrogen) atoms. The monoisotopic (exact) mass is 1140 g/mol. The van der Waals surface area contributed by atoms with Crippen LogP contribution < -0.4 is 9.80 Å². The fourth-order valence-corrected chi connectivity index (χ4v) is 16.1. The average Bonchev–Trinajstić information content (AvgIpc) is 1.53. The van der Waals surface area contributed by atoms with Crippen LogP contribution in [0.3, 0.4) is 0 Å². The van der Waals surface area contributed by atoms with E-state index >= 15 is 0 Å². The molecule has 0 N–H and O–H groups in total. The SMILES string of the molecule is CC(C)(C)c1cccc(N(c2ccc(C3CCCC3)cc2-c2ccccc2)c2ccc3c4cc5c(cc4n4c6ccccc6c2c34)c2ccc(N(c3cccc(C(C)(C)C)c3)c3ccc(C4CCCC4)cc3-c3ccccc3)c3c4ccccc4n5c23)c1. The first kappa shape index (κ1) is 52.9. The zero-order chi connectivity index (χ0) is 59.2. The number of para-hydroxylation sites is 2. The van der Waals surface area contributed by atoms with Crippen LogP contribution in [-0.2, 0) is 10.8 Å². The molecule has 0 atom stereocenters.